The van der Waals surface area contributed by atoms with Gasteiger partial charge in [-0.3, -0.25) is 0 Å². The van der Waals surface area contributed by atoms with E-state index in [4.69, 9.17) is 10.8 Å². The van der Waals surface area contributed by atoms with Crippen molar-refractivity contribution in [2.24, 2.45) is 5.73 Å². The zero-order valence-electron chi connectivity index (χ0n) is 8.58. The first-order valence-electron chi connectivity index (χ1n) is 4.70. The van der Waals surface area contributed by atoms with Gasteiger partial charge < -0.3 is 15.9 Å². The van der Waals surface area contributed by atoms with E-state index in [0.717, 1.165) is 18.2 Å². The van der Waals surface area contributed by atoms with Gasteiger partial charge in [-0.15, -0.1) is 0 Å². The van der Waals surface area contributed by atoms with E-state index in [2.05, 4.69) is 0 Å². The van der Waals surface area contributed by atoms with Crippen molar-refractivity contribution in [2.75, 3.05) is 0 Å². The molecule has 0 fully saturated rings. The lowest BCUT2D eigenvalue weighted by Crippen LogP contribution is -2.38. The molecular formula is C10H11F4NO2. The molecule has 96 valence electrons. The highest BCUT2D eigenvalue weighted by molar-refractivity contribution is 5.29. The van der Waals surface area contributed by atoms with Crippen molar-refractivity contribution >= 4 is 0 Å². The maximum absolute atomic E-state index is 12.9. The van der Waals surface area contributed by atoms with E-state index in [0.29, 0.717) is 0 Å². The molecule has 1 aromatic carbocycles. The van der Waals surface area contributed by atoms with Crippen LogP contribution in [0.5, 0.6) is 5.75 Å². The third-order valence-corrected chi connectivity index (χ3v) is 2.25. The molecule has 0 aliphatic heterocycles. The predicted molar refractivity (Wildman–Crippen MR) is 51.7 cm³/mol. The maximum atomic E-state index is 12.9. The van der Waals surface area contributed by atoms with Gasteiger partial charge in [-0.05, 0) is 17.7 Å². The molecule has 0 saturated heterocycles. The van der Waals surface area contributed by atoms with Gasteiger partial charge in [0, 0.05) is 6.42 Å². The number of hydrogen-bond donors (Lipinski definition) is 3. The Morgan fingerprint density at radius 3 is 2.35 bits per heavy atom. The highest BCUT2D eigenvalue weighted by atomic mass is 19.4. The minimum absolute atomic E-state index is 0.0694. The van der Waals surface area contributed by atoms with Crippen LogP contribution in [-0.2, 0) is 0 Å². The molecular weight excluding hydrogens is 242 g/mol. The number of benzene rings is 1. The fourth-order valence-corrected chi connectivity index (χ4v) is 1.24. The molecule has 4 N–H and O–H groups in total. The van der Waals surface area contributed by atoms with Gasteiger partial charge in [0.1, 0.15) is 6.04 Å². The third-order valence-electron chi connectivity index (χ3n) is 2.25. The summed E-state index contributed by atoms with van der Waals surface area (Å²) in [6.45, 7) is 0. The normalized spacial score (nSPS) is 15.6. The van der Waals surface area contributed by atoms with Gasteiger partial charge in [0.2, 0.25) is 0 Å². The Morgan fingerprint density at radius 1 is 1.29 bits per heavy atom. The fraction of sp³-hybridized carbons (Fsp3) is 0.400. The first-order chi connectivity index (χ1) is 7.71. The molecule has 3 nitrogen and oxygen atoms in total. The molecule has 0 aliphatic rings. The number of aliphatic hydroxyl groups excluding tert-OH is 1. The second kappa shape index (κ2) is 4.89. The van der Waals surface area contributed by atoms with Crippen LogP contribution in [0.2, 0.25) is 0 Å². The van der Waals surface area contributed by atoms with E-state index in [1.54, 1.807) is 0 Å². The van der Waals surface area contributed by atoms with E-state index in [1.165, 1.54) is 0 Å². The zero-order valence-corrected chi connectivity index (χ0v) is 8.58. The van der Waals surface area contributed by atoms with E-state index < -0.39 is 36.3 Å². The highest BCUT2D eigenvalue weighted by Crippen LogP contribution is 2.28. The van der Waals surface area contributed by atoms with Crippen molar-refractivity contribution in [2.45, 2.75) is 24.7 Å². The Morgan fingerprint density at radius 2 is 1.88 bits per heavy atom. The van der Waals surface area contributed by atoms with Crippen molar-refractivity contribution in [3.05, 3.63) is 29.6 Å². The highest BCUT2D eigenvalue weighted by Gasteiger charge is 2.38. The Labute approximate surface area is 94.5 Å². The average molecular weight is 253 g/mol. The van der Waals surface area contributed by atoms with Crippen LogP contribution in [0, 0.1) is 5.82 Å². The SMILES string of the molecule is N[C@H](C[C@H](O)c1ccc(O)c(F)c1)C(F)(F)F. The summed E-state index contributed by atoms with van der Waals surface area (Å²) in [6, 6.07) is 0.664. The summed E-state index contributed by atoms with van der Waals surface area (Å²) in [5.41, 5.74) is 4.76. The van der Waals surface area contributed by atoms with Gasteiger partial charge in [-0.2, -0.15) is 13.2 Å². The predicted octanol–water partition coefficient (Wildman–Crippen LogP) is 1.84. The average Bonchev–Trinajstić information content (AvgIpc) is 2.20. The van der Waals surface area contributed by atoms with Crippen molar-refractivity contribution in [3.8, 4) is 5.75 Å². The van der Waals surface area contributed by atoms with Gasteiger partial charge in [-0.25, -0.2) is 4.39 Å². The molecule has 0 bridgehead atoms. The smallest absolute Gasteiger partial charge is 0.403 e. The van der Waals surface area contributed by atoms with Crippen LogP contribution in [0.3, 0.4) is 0 Å². The summed E-state index contributed by atoms with van der Waals surface area (Å²) in [5.74, 6) is -1.65. The summed E-state index contributed by atoms with van der Waals surface area (Å²) in [4.78, 5) is 0. The number of phenolic OH excluding ortho intramolecular Hbond substituents is 1. The molecule has 0 spiro atoms. The quantitative estimate of drug-likeness (QED) is 0.720. The van der Waals surface area contributed by atoms with Gasteiger partial charge in [0.25, 0.3) is 0 Å². The van der Waals surface area contributed by atoms with Gasteiger partial charge in [0.15, 0.2) is 11.6 Å². The van der Waals surface area contributed by atoms with Crippen molar-refractivity contribution in [1.29, 1.82) is 0 Å². The van der Waals surface area contributed by atoms with Gasteiger partial charge >= 0.3 is 6.18 Å². The Balaban J connectivity index is 2.76. The molecule has 17 heavy (non-hydrogen) atoms. The summed E-state index contributed by atoms with van der Waals surface area (Å²) >= 11 is 0. The monoisotopic (exact) mass is 253 g/mol. The lowest BCUT2D eigenvalue weighted by Gasteiger charge is -2.19. The van der Waals surface area contributed by atoms with Crippen LogP contribution in [0.25, 0.3) is 0 Å². The first kappa shape index (κ1) is 13.7. The number of hydrogen-bond acceptors (Lipinski definition) is 3. The number of halogens is 4. The standard InChI is InChI=1S/C10H11F4NO2/c11-6-3-5(1-2-7(6)16)8(17)4-9(15)10(12,13)14/h1-3,8-9,16-17H,4,15H2/t8-,9+/m0/s1. The van der Waals surface area contributed by atoms with Crippen LogP contribution >= 0.6 is 0 Å². The van der Waals surface area contributed by atoms with Crippen molar-refractivity contribution < 1.29 is 27.8 Å². The Bertz CT molecular complexity index is 394. The topological polar surface area (TPSA) is 66.5 Å². The summed E-state index contributed by atoms with van der Waals surface area (Å²) in [5, 5.41) is 18.3. The second-order valence-electron chi connectivity index (χ2n) is 3.61. The van der Waals surface area contributed by atoms with E-state index >= 15 is 0 Å². The van der Waals surface area contributed by atoms with Gasteiger partial charge in [-0.1, -0.05) is 6.07 Å². The number of rotatable bonds is 3. The zero-order chi connectivity index (χ0) is 13.2. The third kappa shape index (κ3) is 3.57. The van der Waals surface area contributed by atoms with E-state index in [9.17, 15) is 22.7 Å². The molecule has 0 aromatic heterocycles. The summed E-state index contributed by atoms with van der Waals surface area (Å²) in [7, 11) is 0. The molecule has 0 saturated carbocycles. The largest absolute Gasteiger partial charge is 0.505 e. The summed E-state index contributed by atoms with van der Waals surface area (Å²) in [6.07, 6.45) is -6.92. The lowest BCUT2D eigenvalue weighted by molar-refractivity contribution is -0.153. The number of alkyl halides is 3. The van der Waals surface area contributed by atoms with E-state index in [1.807, 2.05) is 0 Å². The Kier molecular flexibility index (Phi) is 3.94. The van der Waals surface area contributed by atoms with Crippen molar-refractivity contribution in [1.82, 2.24) is 0 Å². The number of phenols is 1. The molecule has 1 aromatic rings. The molecule has 2 atom stereocenters. The molecule has 0 amide bonds. The maximum Gasteiger partial charge on any atom is 0.403 e. The second-order valence-corrected chi connectivity index (χ2v) is 3.61. The first-order valence-corrected chi connectivity index (χ1v) is 4.70. The van der Waals surface area contributed by atoms with Crippen LogP contribution < -0.4 is 5.73 Å². The molecule has 7 heteroatoms. The molecule has 0 unspecified atom stereocenters. The molecule has 0 heterocycles. The number of aliphatic hydroxyl groups is 1. The fourth-order valence-electron chi connectivity index (χ4n) is 1.24. The van der Waals surface area contributed by atoms with Crippen molar-refractivity contribution in [3.63, 3.8) is 0 Å². The van der Waals surface area contributed by atoms with Crippen LogP contribution in [0.15, 0.2) is 18.2 Å². The minimum atomic E-state index is -4.61. The molecule has 0 aliphatic carbocycles. The summed E-state index contributed by atoms with van der Waals surface area (Å²) < 4.78 is 49.3. The Hall–Kier alpha value is -1.34. The van der Waals surface area contributed by atoms with Crippen LogP contribution in [0.4, 0.5) is 17.6 Å². The molecule has 0 radical (unpaired) electrons. The van der Waals surface area contributed by atoms with Crippen LogP contribution in [-0.4, -0.2) is 22.4 Å². The molecule has 1 rings (SSSR count). The van der Waals surface area contributed by atoms with Crippen LogP contribution in [0.1, 0.15) is 18.1 Å². The number of aromatic hydroxyl groups is 1. The minimum Gasteiger partial charge on any atom is -0.505 e. The van der Waals surface area contributed by atoms with E-state index in [-0.39, 0.29) is 5.56 Å². The lowest BCUT2D eigenvalue weighted by atomic mass is 10.0. The number of nitrogens with two attached hydrogens (primary N) is 1. The van der Waals surface area contributed by atoms with Gasteiger partial charge in [0.05, 0.1) is 6.10 Å².